The Morgan fingerprint density at radius 3 is 3.13 bits per heavy atom. The number of hydrogen-bond acceptors (Lipinski definition) is 5. The van der Waals surface area contributed by atoms with Crippen molar-refractivity contribution in [3.63, 3.8) is 0 Å². The molecule has 1 aromatic rings. The highest BCUT2D eigenvalue weighted by Gasteiger charge is 2.30. The zero-order valence-corrected chi connectivity index (χ0v) is 9.21. The van der Waals surface area contributed by atoms with Crippen molar-refractivity contribution in [3.8, 4) is 0 Å². The van der Waals surface area contributed by atoms with Crippen molar-refractivity contribution < 1.29 is 4.74 Å². The van der Waals surface area contributed by atoms with Crippen molar-refractivity contribution in [1.29, 1.82) is 0 Å². The minimum Gasteiger partial charge on any atom is -0.379 e. The summed E-state index contributed by atoms with van der Waals surface area (Å²) in [7, 11) is 0. The van der Waals surface area contributed by atoms with Crippen molar-refractivity contribution in [1.82, 2.24) is 9.97 Å². The van der Waals surface area contributed by atoms with E-state index in [0.717, 1.165) is 13.0 Å². The van der Waals surface area contributed by atoms with Crippen LogP contribution in [0.2, 0.25) is 5.02 Å². The fourth-order valence-electron chi connectivity index (χ4n) is 1.52. The zero-order chi connectivity index (χ0) is 10.9. The van der Waals surface area contributed by atoms with Crippen LogP contribution in [0.1, 0.15) is 13.3 Å². The van der Waals surface area contributed by atoms with Gasteiger partial charge in [-0.05, 0) is 13.3 Å². The number of nitrogens with two attached hydrogens (primary N) is 1. The van der Waals surface area contributed by atoms with Gasteiger partial charge in [0.1, 0.15) is 5.02 Å². The van der Waals surface area contributed by atoms with Gasteiger partial charge in [-0.25, -0.2) is 4.98 Å². The summed E-state index contributed by atoms with van der Waals surface area (Å²) in [5.74, 6) is 0.779. The molecule has 3 N–H and O–H groups in total. The maximum absolute atomic E-state index is 5.95. The van der Waals surface area contributed by atoms with Crippen LogP contribution in [0.25, 0.3) is 0 Å². The Kier molecular flexibility index (Phi) is 2.67. The van der Waals surface area contributed by atoms with E-state index in [1.807, 2.05) is 0 Å². The Hall–Kier alpha value is -1.07. The number of halogens is 1. The Bertz CT molecular complexity index is 365. The van der Waals surface area contributed by atoms with Crippen LogP contribution in [0.3, 0.4) is 0 Å². The number of nitrogen functional groups attached to an aromatic ring is 1. The van der Waals surface area contributed by atoms with Gasteiger partial charge >= 0.3 is 0 Å². The molecule has 1 unspecified atom stereocenters. The third-order valence-electron chi connectivity index (χ3n) is 2.40. The summed E-state index contributed by atoms with van der Waals surface area (Å²) in [6.07, 6.45) is 2.42. The summed E-state index contributed by atoms with van der Waals surface area (Å²) in [6, 6.07) is 0. The van der Waals surface area contributed by atoms with Crippen LogP contribution in [-0.4, -0.2) is 28.7 Å². The maximum Gasteiger partial charge on any atom is 0.222 e. The molecule has 1 atom stereocenters. The largest absolute Gasteiger partial charge is 0.379 e. The lowest BCUT2D eigenvalue weighted by Crippen LogP contribution is -2.35. The lowest BCUT2D eigenvalue weighted by Gasteiger charge is -2.24. The Morgan fingerprint density at radius 2 is 2.47 bits per heavy atom. The van der Waals surface area contributed by atoms with Crippen LogP contribution in [0.15, 0.2) is 6.20 Å². The van der Waals surface area contributed by atoms with Crippen molar-refractivity contribution in [2.45, 2.75) is 18.9 Å². The Balaban J connectivity index is 2.19. The highest BCUT2D eigenvalue weighted by Crippen LogP contribution is 2.27. The van der Waals surface area contributed by atoms with Gasteiger partial charge in [-0.3, -0.25) is 0 Å². The molecule has 0 aromatic carbocycles. The summed E-state index contributed by atoms with van der Waals surface area (Å²) >= 11 is 5.95. The summed E-state index contributed by atoms with van der Waals surface area (Å²) in [5, 5.41) is 3.71. The number of rotatable bonds is 2. The molecule has 82 valence electrons. The number of aromatic nitrogens is 2. The van der Waals surface area contributed by atoms with E-state index in [2.05, 4.69) is 22.2 Å². The summed E-state index contributed by atoms with van der Waals surface area (Å²) in [5.41, 5.74) is 5.37. The van der Waals surface area contributed by atoms with Crippen LogP contribution in [0.4, 0.5) is 11.8 Å². The van der Waals surface area contributed by atoms with Crippen LogP contribution in [-0.2, 0) is 4.74 Å². The van der Waals surface area contributed by atoms with Crippen LogP contribution in [0.5, 0.6) is 0 Å². The van der Waals surface area contributed by atoms with E-state index in [1.54, 1.807) is 0 Å². The van der Waals surface area contributed by atoms with Gasteiger partial charge in [0.05, 0.1) is 18.3 Å². The molecule has 0 aliphatic carbocycles. The van der Waals surface area contributed by atoms with Gasteiger partial charge in [0.15, 0.2) is 5.82 Å². The van der Waals surface area contributed by atoms with Crippen LogP contribution >= 0.6 is 11.6 Å². The first-order valence-corrected chi connectivity index (χ1v) is 5.11. The van der Waals surface area contributed by atoms with Crippen molar-refractivity contribution in [2.24, 2.45) is 0 Å². The highest BCUT2D eigenvalue weighted by atomic mass is 35.5. The number of nitrogens with zero attached hydrogens (tertiary/aromatic N) is 2. The lowest BCUT2D eigenvalue weighted by molar-refractivity contribution is 0.185. The molecular weight excluding hydrogens is 216 g/mol. The Morgan fingerprint density at radius 1 is 1.67 bits per heavy atom. The summed E-state index contributed by atoms with van der Waals surface area (Å²) in [4.78, 5) is 7.85. The first kappa shape index (κ1) is 10.4. The molecule has 1 fully saturated rings. The van der Waals surface area contributed by atoms with E-state index in [1.165, 1.54) is 6.20 Å². The lowest BCUT2D eigenvalue weighted by atomic mass is 10.0. The summed E-state index contributed by atoms with van der Waals surface area (Å²) in [6.45, 7) is 3.46. The van der Waals surface area contributed by atoms with Crippen molar-refractivity contribution in [3.05, 3.63) is 11.2 Å². The molecule has 2 rings (SSSR count). The second kappa shape index (κ2) is 3.83. The van der Waals surface area contributed by atoms with Gasteiger partial charge < -0.3 is 15.8 Å². The second-order valence-electron chi connectivity index (χ2n) is 3.91. The highest BCUT2D eigenvalue weighted by molar-refractivity contribution is 6.32. The van der Waals surface area contributed by atoms with Gasteiger partial charge in [0, 0.05) is 6.61 Å². The molecule has 5 nitrogen and oxygen atoms in total. The molecule has 1 aliphatic heterocycles. The molecule has 0 amide bonds. The molecule has 1 saturated heterocycles. The summed E-state index contributed by atoms with van der Waals surface area (Å²) < 4.78 is 5.32. The van der Waals surface area contributed by atoms with Gasteiger partial charge in [-0.2, -0.15) is 4.98 Å². The van der Waals surface area contributed by atoms with E-state index in [4.69, 9.17) is 22.1 Å². The molecule has 6 heteroatoms. The normalized spacial score (nSPS) is 25.5. The Labute approximate surface area is 93.0 Å². The molecule has 1 aromatic heterocycles. The third-order valence-corrected chi connectivity index (χ3v) is 2.68. The van der Waals surface area contributed by atoms with E-state index < -0.39 is 0 Å². The van der Waals surface area contributed by atoms with Gasteiger partial charge in [-0.1, -0.05) is 11.6 Å². The number of ether oxygens (including phenoxy) is 1. The number of nitrogens with one attached hydrogen (secondary N) is 1. The minimum atomic E-state index is -0.121. The van der Waals surface area contributed by atoms with Crippen molar-refractivity contribution >= 4 is 23.4 Å². The van der Waals surface area contributed by atoms with Crippen LogP contribution < -0.4 is 11.1 Å². The second-order valence-corrected chi connectivity index (χ2v) is 4.32. The van der Waals surface area contributed by atoms with E-state index in [-0.39, 0.29) is 11.5 Å². The predicted molar refractivity (Wildman–Crippen MR) is 58.9 cm³/mol. The van der Waals surface area contributed by atoms with E-state index in [0.29, 0.717) is 17.4 Å². The third kappa shape index (κ3) is 2.30. The van der Waals surface area contributed by atoms with Crippen molar-refractivity contribution in [2.75, 3.05) is 24.3 Å². The van der Waals surface area contributed by atoms with Gasteiger partial charge in [0.25, 0.3) is 0 Å². The molecule has 0 spiro atoms. The fourth-order valence-corrected chi connectivity index (χ4v) is 1.66. The molecule has 0 saturated carbocycles. The quantitative estimate of drug-likeness (QED) is 0.798. The minimum absolute atomic E-state index is 0.121. The first-order chi connectivity index (χ1) is 7.09. The molecule has 2 heterocycles. The molecule has 0 bridgehead atoms. The van der Waals surface area contributed by atoms with Crippen LogP contribution in [0, 0.1) is 0 Å². The average Bonchev–Trinajstić information content (AvgIpc) is 2.59. The number of hydrogen-bond donors (Lipinski definition) is 2. The first-order valence-electron chi connectivity index (χ1n) is 4.73. The smallest absolute Gasteiger partial charge is 0.222 e. The zero-order valence-electron chi connectivity index (χ0n) is 8.46. The van der Waals surface area contributed by atoms with E-state index >= 15 is 0 Å². The van der Waals surface area contributed by atoms with Gasteiger partial charge in [-0.15, -0.1) is 0 Å². The standard InChI is InChI=1S/C9H13ClN4O/c1-9(2-3-15-5-9)14-7-6(10)4-12-8(11)13-7/h4H,2-3,5H2,1H3,(H3,11,12,13,14). The molecule has 1 aliphatic rings. The molecule has 15 heavy (non-hydrogen) atoms. The predicted octanol–water partition coefficient (Wildman–Crippen LogP) is 1.30. The monoisotopic (exact) mass is 228 g/mol. The number of anilines is 2. The van der Waals surface area contributed by atoms with Gasteiger partial charge in [0.2, 0.25) is 5.95 Å². The fraction of sp³-hybridized carbons (Fsp3) is 0.556. The topological polar surface area (TPSA) is 73.1 Å². The molecule has 0 radical (unpaired) electrons. The molecular formula is C9H13ClN4O. The average molecular weight is 229 g/mol. The SMILES string of the molecule is CC1(Nc2nc(N)ncc2Cl)CCOC1. The maximum atomic E-state index is 5.95. The van der Waals surface area contributed by atoms with E-state index in [9.17, 15) is 0 Å².